The van der Waals surface area contributed by atoms with E-state index in [4.69, 9.17) is 9.47 Å². The van der Waals surface area contributed by atoms with Gasteiger partial charge in [0, 0.05) is 31.7 Å². The number of carbonyl (C=O) groups is 1. The van der Waals surface area contributed by atoms with E-state index >= 15 is 0 Å². The standard InChI is InChI=1S/C22H27NO3/c1-16-4-8-18(9-5-16)22(24)23-13-12-21(26-3)19(15-23)14-17-6-10-20(25-2)11-7-17/h4-11,19,21H,12-15H2,1-3H3/t19-,21-/m1/s1. The van der Waals surface area contributed by atoms with E-state index in [0.717, 1.165) is 42.8 Å². The molecule has 2 atom stereocenters. The highest BCUT2D eigenvalue weighted by Gasteiger charge is 2.32. The summed E-state index contributed by atoms with van der Waals surface area (Å²) in [7, 11) is 3.44. The molecule has 1 fully saturated rings. The van der Waals surface area contributed by atoms with E-state index in [-0.39, 0.29) is 17.9 Å². The van der Waals surface area contributed by atoms with Crippen LogP contribution >= 0.6 is 0 Å². The number of ether oxygens (including phenoxy) is 2. The van der Waals surface area contributed by atoms with E-state index in [1.807, 2.05) is 48.2 Å². The van der Waals surface area contributed by atoms with Crippen LogP contribution in [0.2, 0.25) is 0 Å². The maximum atomic E-state index is 12.9. The van der Waals surface area contributed by atoms with Crippen molar-refractivity contribution in [2.24, 2.45) is 5.92 Å². The molecule has 1 aliphatic rings. The molecule has 0 spiro atoms. The van der Waals surface area contributed by atoms with Crippen LogP contribution in [0, 0.1) is 12.8 Å². The van der Waals surface area contributed by atoms with Gasteiger partial charge in [0.25, 0.3) is 5.91 Å². The molecule has 1 amide bonds. The molecule has 0 bridgehead atoms. The summed E-state index contributed by atoms with van der Waals surface area (Å²) in [5.74, 6) is 1.26. The quantitative estimate of drug-likeness (QED) is 0.822. The number of likely N-dealkylation sites (tertiary alicyclic amines) is 1. The average molecular weight is 353 g/mol. The first-order valence-electron chi connectivity index (χ1n) is 9.12. The number of hydrogen-bond acceptors (Lipinski definition) is 3. The van der Waals surface area contributed by atoms with Crippen LogP contribution in [0.15, 0.2) is 48.5 Å². The van der Waals surface area contributed by atoms with E-state index in [1.54, 1.807) is 14.2 Å². The molecule has 0 aliphatic carbocycles. The van der Waals surface area contributed by atoms with Gasteiger partial charge in [-0.15, -0.1) is 0 Å². The molecule has 1 aliphatic heterocycles. The Morgan fingerprint density at radius 2 is 1.77 bits per heavy atom. The molecular formula is C22H27NO3. The number of rotatable bonds is 5. The number of methoxy groups -OCH3 is 2. The highest BCUT2D eigenvalue weighted by atomic mass is 16.5. The summed E-state index contributed by atoms with van der Waals surface area (Å²) in [6.45, 7) is 3.49. The third kappa shape index (κ3) is 4.25. The first kappa shape index (κ1) is 18.5. The molecule has 4 nitrogen and oxygen atoms in total. The van der Waals surface area contributed by atoms with E-state index in [9.17, 15) is 4.79 Å². The number of piperidine rings is 1. The van der Waals surface area contributed by atoms with E-state index in [0.29, 0.717) is 0 Å². The topological polar surface area (TPSA) is 38.8 Å². The van der Waals surface area contributed by atoms with Crippen LogP contribution in [0.5, 0.6) is 5.75 Å². The van der Waals surface area contributed by atoms with Crippen LogP contribution in [-0.4, -0.2) is 44.2 Å². The van der Waals surface area contributed by atoms with Gasteiger partial charge in [0.2, 0.25) is 0 Å². The highest BCUT2D eigenvalue weighted by Crippen LogP contribution is 2.25. The fraction of sp³-hybridized carbons (Fsp3) is 0.409. The van der Waals surface area contributed by atoms with Gasteiger partial charge in [-0.2, -0.15) is 0 Å². The highest BCUT2D eigenvalue weighted by molar-refractivity contribution is 5.94. The molecule has 0 unspecified atom stereocenters. The molecule has 1 heterocycles. The molecular weight excluding hydrogens is 326 g/mol. The maximum absolute atomic E-state index is 12.9. The van der Waals surface area contributed by atoms with Crippen molar-refractivity contribution in [3.63, 3.8) is 0 Å². The predicted octanol–water partition coefficient (Wildman–Crippen LogP) is 3.72. The molecule has 1 saturated heterocycles. The first-order valence-corrected chi connectivity index (χ1v) is 9.12. The van der Waals surface area contributed by atoms with Crippen molar-refractivity contribution in [1.82, 2.24) is 4.90 Å². The molecule has 3 rings (SSSR count). The van der Waals surface area contributed by atoms with Crippen LogP contribution in [0.1, 0.15) is 27.9 Å². The van der Waals surface area contributed by atoms with Gasteiger partial charge in [0.05, 0.1) is 13.2 Å². The third-order valence-corrected chi connectivity index (χ3v) is 5.21. The largest absolute Gasteiger partial charge is 0.497 e. The average Bonchev–Trinajstić information content (AvgIpc) is 2.68. The van der Waals surface area contributed by atoms with Crippen molar-refractivity contribution in [2.45, 2.75) is 25.9 Å². The lowest BCUT2D eigenvalue weighted by Gasteiger charge is -2.38. The molecule has 4 heteroatoms. The number of amides is 1. The van der Waals surface area contributed by atoms with Gasteiger partial charge < -0.3 is 14.4 Å². The van der Waals surface area contributed by atoms with E-state index < -0.39 is 0 Å². The van der Waals surface area contributed by atoms with Crippen molar-refractivity contribution < 1.29 is 14.3 Å². The summed E-state index contributed by atoms with van der Waals surface area (Å²) in [5, 5.41) is 0. The van der Waals surface area contributed by atoms with Gasteiger partial charge in [0.1, 0.15) is 5.75 Å². The minimum Gasteiger partial charge on any atom is -0.497 e. The minimum atomic E-state index is 0.110. The Kier molecular flexibility index (Phi) is 5.94. The Morgan fingerprint density at radius 3 is 2.38 bits per heavy atom. The number of aryl methyl sites for hydroxylation is 1. The summed E-state index contributed by atoms with van der Waals surface area (Å²) < 4.78 is 10.9. The second-order valence-electron chi connectivity index (χ2n) is 6.99. The Morgan fingerprint density at radius 1 is 1.08 bits per heavy atom. The number of benzene rings is 2. The molecule has 26 heavy (non-hydrogen) atoms. The van der Waals surface area contributed by atoms with Gasteiger partial charge in [-0.1, -0.05) is 29.8 Å². The Balaban J connectivity index is 1.70. The lowest BCUT2D eigenvalue weighted by molar-refractivity contribution is -0.00299. The number of nitrogens with zero attached hydrogens (tertiary/aromatic N) is 1. The van der Waals surface area contributed by atoms with Gasteiger partial charge >= 0.3 is 0 Å². The van der Waals surface area contributed by atoms with Crippen LogP contribution < -0.4 is 4.74 Å². The number of carbonyl (C=O) groups excluding carboxylic acids is 1. The van der Waals surface area contributed by atoms with Gasteiger partial charge in [-0.3, -0.25) is 4.79 Å². The van der Waals surface area contributed by atoms with Gasteiger partial charge in [0.15, 0.2) is 0 Å². The second-order valence-corrected chi connectivity index (χ2v) is 6.99. The van der Waals surface area contributed by atoms with Gasteiger partial charge in [-0.05, 0) is 49.6 Å². The normalized spacial score (nSPS) is 20.0. The van der Waals surface area contributed by atoms with Crippen molar-refractivity contribution in [1.29, 1.82) is 0 Å². The fourth-order valence-corrected chi connectivity index (χ4v) is 3.64. The fourth-order valence-electron chi connectivity index (χ4n) is 3.64. The monoisotopic (exact) mass is 353 g/mol. The molecule has 0 aromatic heterocycles. The van der Waals surface area contributed by atoms with Crippen molar-refractivity contribution >= 4 is 5.91 Å². The Hall–Kier alpha value is -2.33. The zero-order chi connectivity index (χ0) is 18.5. The van der Waals surface area contributed by atoms with Crippen molar-refractivity contribution in [2.75, 3.05) is 27.3 Å². The van der Waals surface area contributed by atoms with E-state index in [1.165, 1.54) is 5.56 Å². The zero-order valence-electron chi connectivity index (χ0n) is 15.8. The first-order chi connectivity index (χ1) is 12.6. The van der Waals surface area contributed by atoms with Crippen molar-refractivity contribution in [3.8, 4) is 5.75 Å². The molecule has 138 valence electrons. The maximum Gasteiger partial charge on any atom is 0.253 e. The Labute approximate surface area is 155 Å². The van der Waals surface area contributed by atoms with Crippen LogP contribution in [0.3, 0.4) is 0 Å². The smallest absolute Gasteiger partial charge is 0.253 e. The molecule has 0 saturated carbocycles. The molecule has 2 aromatic carbocycles. The number of hydrogen-bond donors (Lipinski definition) is 0. The summed E-state index contributed by atoms with van der Waals surface area (Å²) in [4.78, 5) is 14.8. The van der Waals surface area contributed by atoms with Crippen molar-refractivity contribution in [3.05, 3.63) is 65.2 Å². The second kappa shape index (κ2) is 8.37. The zero-order valence-corrected chi connectivity index (χ0v) is 15.8. The summed E-state index contributed by atoms with van der Waals surface area (Å²) in [6, 6.07) is 16.0. The van der Waals surface area contributed by atoms with Crippen LogP contribution in [0.4, 0.5) is 0 Å². The van der Waals surface area contributed by atoms with E-state index in [2.05, 4.69) is 12.1 Å². The summed E-state index contributed by atoms with van der Waals surface area (Å²) >= 11 is 0. The summed E-state index contributed by atoms with van der Waals surface area (Å²) in [6.07, 6.45) is 1.94. The van der Waals surface area contributed by atoms with Crippen LogP contribution in [0.25, 0.3) is 0 Å². The molecule has 2 aromatic rings. The molecule has 0 N–H and O–H groups in total. The van der Waals surface area contributed by atoms with Gasteiger partial charge in [-0.25, -0.2) is 0 Å². The van der Waals surface area contributed by atoms with Crippen LogP contribution in [-0.2, 0) is 11.2 Å². The predicted molar refractivity (Wildman–Crippen MR) is 103 cm³/mol. The minimum absolute atomic E-state index is 0.110. The lowest BCUT2D eigenvalue weighted by atomic mass is 9.88. The Bertz CT molecular complexity index is 724. The SMILES string of the molecule is COc1ccc(C[C@@H]2CN(C(=O)c3ccc(C)cc3)CC[C@H]2OC)cc1. The molecule has 0 radical (unpaired) electrons. The lowest BCUT2D eigenvalue weighted by Crippen LogP contribution is -2.47. The third-order valence-electron chi connectivity index (χ3n) is 5.21. The summed E-state index contributed by atoms with van der Waals surface area (Å²) in [5.41, 5.74) is 3.16.